The van der Waals surface area contributed by atoms with Crippen molar-refractivity contribution in [1.29, 1.82) is 0 Å². The summed E-state index contributed by atoms with van der Waals surface area (Å²) in [7, 11) is 0. The van der Waals surface area contributed by atoms with Gasteiger partial charge in [-0.1, -0.05) is 18.6 Å². The zero-order chi connectivity index (χ0) is 17.6. The second-order valence-corrected chi connectivity index (χ2v) is 8.16. The molecule has 2 aromatic rings. The minimum atomic E-state index is -0.297. The number of nitrogens with one attached hydrogen (secondary N) is 2. The molecule has 0 aliphatic heterocycles. The van der Waals surface area contributed by atoms with Crippen LogP contribution in [-0.2, 0) is 18.6 Å². The van der Waals surface area contributed by atoms with Crippen molar-refractivity contribution in [2.45, 2.75) is 37.9 Å². The number of hydrogen-bond donors (Lipinski definition) is 2. The van der Waals surface area contributed by atoms with Crippen LogP contribution in [0, 0.1) is 0 Å². The van der Waals surface area contributed by atoms with Gasteiger partial charge in [-0.2, -0.15) is 11.8 Å². The predicted octanol–water partition coefficient (Wildman–Crippen LogP) is 3.95. The molecule has 2 amide bonds. The molecule has 3 rings (SSSR count). The highest BCUT2D eigenvalue weighted by atomic mass is 32.2. The van der Waals surface area contributed by atoms with Crippen molar-refractivity contribution in [2.24, 2.45) is 0 Å². The third-order valence-electron chi connectivity index (χ3n) is 4.26. The van der Waals surface area contributed by atoms with Crippen molar-refractivity contribution >= 4 is 34.9 Å². The van der Waals surface area contributed by atoms with Crippen molar-refractivity contribution in [3.8, 4) is 0 Å². The molecule has 0 unspecified atom stereocenters. The lowest BCUT2D eigenvalue weighted by Gasteiger charge is -2.07. The van der Waals surface area contributed by atoms with Gasteiger partial charge in [0.25, 0.3) is 11.8 Å². The molecule has 132 valence electrons. The molecule has 4 nitrogen and oxygen atoms in total. The highest BCUT2D eigenvalue weighted by Gasteiger charge is 2.17. The summed E-state index contributed by atoms with van der Waals surface area (Å²) < 4.78 is 0. The molecule has 1 heterocycles. The molecule has 0 spiro atoms. The first kappa shape index (κ1) is 18.0. The van der Waals surface area contributed by atoms with Gasteiger partial charge in [-0.25, -0.2) is 0 Å². The van der Waals surface area contributed by atoms with Crippen LogP contribution in [-0.4, -0.2) is 18.1 Å². The van der Waals surface area contributed by atoms with E-state index in [-0.39, 0.29) is 11.8 Å². The Balaban J connectivity index is 1.60. The van der Waals surface area contributed by atoms with Gasteiger partial charge >= 0.3 is 0 Å². The lowest BCUT2D eigenvalue weighted by atomic mass is 10.1. The van der Waals surface area contributed by atoms with E-state index in [1.54, 1.807) is 29.2 Å². The molecule has 0 bridgehead atoms. The standard InChI is InChI=1S/C19H22N2O2S2/c1-24-12-13-6-5-8-15(10-13)18(22)20-21-19(23)17-11-14-7-3-2-4-9-16(14)25-17/h5-6,8,10-11H,2-4,7,9,12H2,1H3,(H,20,22)(H,21,23). The molecular formula is C19H22N2O2S2. The van der Waals surface area contributed by atoms with E-state index in [9.17, 15) is 9.59 Å². The van der Waals surface area contributed by atoms with Crippen LogP contribution in [0.25, 0.3) is 0 Å². The molecule has 2 N–H and O–H groups in total. The van der Waals surface area contributed by atoms with E-state index >= 15 is 0 Å². The summed E-state index contributed by atoms with van der Waals surface area (Å²) in [4.78, 5) is 26.6. The van der Waals surface area contributed by atoms with Crippen LogP contribution >= 0.6 is 23.1 Å². The van der Waals surface area contributed by atoms with Gasteiger partial charge in [-0.15, -0.1) is 11.3 Å². The summed E-state index contributed by atoms with van der Waals surface area (Å²) in [5.74, 6) is 0.315. The molecule has 1 aromatic heterocycles. The van der Waals surface area contributed by atoms with Crippen LogP contribution in [0.4, 0.5) is 0 Å². The second kappa shape index (κ2) is 8.54. The van der Waals surface area contributed by atoms with Gasteiger partial charge in [-0.05, 0) is 61.3 Å². The Bertz CT molecular complexity index is 747. The number of aryl methyl sites for hydroxylation is 2. The van der Waals surface area contributed by atoms with Crippen LogP contribution < -0.4 is 10.9 Å². The fourth-order valence-corrected chi connectivity index (χ4v) is 4.66. The summed E-state index contributed by atoms with van der Waals surface area (Å²) >= 11 is 3.25. The van der Waals surface area contributed by atoms with Crippen molar-refractivity contribution in [2.75, 3.05) is 6.26 Å². The van der Waals surface area contributed by atoms with E-state index in [4.69, 9.17) is 0 Å². The monoisotopic (exact) mass is 374 g/mol. The van der Waals surface area contributed by atoms with E-state index in [2.05, 4.69) is 10.9 Å². The average molecular weight is 375 g/mol. The molecule has 0 atom stereocenters. The summed E-state index contributed by atoms with van der Waals surface area (Å²) in [5, 5.41) is 0. The maximum atomic E-state index is 12.3. The molecule has 0 radical (unpaired) electrons. The maximum Gasteiger partial charge on any atom is 0.279 e. The highest BCUT2D eigenvalue weighted by Crippen LogP contribution is 2.28. The minimum Gasteiger partial charge on any atom is -0.267 e. The molecular weight excluding hydrogens is 352 g/mol. The number of rotatable bonds is 4. The maximum absolute atomic E-state index is 12.3. The first-order valence-corrected chi connectivity index (χ1v) is 10.7. The van der Waals surface area contributed by atoms with E-state index < -0.39 is 0 Å². The lowest BCUT2D eigenvalue weighted by molar-refractivity contribution is 0.0849. The van der Waals surface area contributed by atoms with E-state index in [0.717, 1.165) is 24.2 Å². The van der Waals surface area contributed by atoms with Gasteiger partial charge in [0.15, 0.2) is 0 Å². The fraction of sp³-hybridized carbons (Fsp3) is 0.368. The fourth-order valence-electron chi connectivity index (χ4n) is 3.00. The van der Waals surface area contributed by atoms with Gasteiger partial charge in [0.2, 0.25) is 0 Å². The zero-order valence-electron chi connectivity index (χ0n) is 14.3. The number of benzene rings is 1. The van der Waals surface area contributed by atoms with Crippen molar-refractivity contribution < 1.29 is 9.59 Å². The van der Waals surface area contributed by atoms with E-state index in [1.807, 2.05) is 30.5 Å². The summed E-state index contributed by atoms with van der Waals surface area (Å²) in [6, 6.07) is 9.43. The molecule has 25 heavy (non-hydrogen) atoms. The Morgan fingerprint density at radius 3 is 2.72 bits per heavy atom. The highest BCUT2D eigenvalue weighted by molar-refractivity contribution is 7.97. The molecule has 0 saturated carbocycles. The topological polar surface area (TPSA) is 58.2 Å². The van der Waals surface area contributed by atoms with Gasteiger partial charge in [-0.3, -0.25) is 20.4 Å². The van der Waals surface area contributed by atoms with Gasteiger partial charge < -0.3 is 0 Å². The van der Waals surface area contributed by atoms with Crippen molar-refractivity contribution in [1.82, 2.24) is 10.9 Å². The number of hydrazine groups is 1. The van der Waals surface area contributed by atoms with Crippen molar-refractivity contribution in [3.05, 3.63) is 56.8 Å². The van der Waals surface area contributed by atoms with Gasteiger partial charge in [0.05, 0.1) is 4.88 Å². The quantitative estimate of drug-likeness (QED) is 0.629. The minimum absolute atomic E-state index is 0.244. The predicted molar refractivity (Wildman–Crippen MR) is 104 cm³/mol. The van der Waals surface area contributed by atoms with Gasteiger partial charge in [0.1, 0.15) is 0 Å². The van der Waals surface area contributed by atoms with Crippen LogP contribution in [0.15, 0.2) is 30.3 Å². The number of carbonyl (C=O) groups is 2. The largest absolute Gasteiger partial charge is 0.279 e. The Morgan fingerprint density at radius 2 is 1.88 bits per heavy atom. The van der Waals surface area contributed by atoms with Gasteiger partial charge in [0, 0.05) is 16.2 Å². The first-order chi connectivity index (χ1) is 12.2. The Labute approximate surface area is 156 Å². The number of hydrogen-bond acceptors (Lipinski definition) is 4. The van der Waals surface area contributed by atoms with E-state index in [1.165, 1.54) is 29.7 Å². The molecule has 6 heteroatoms. The number of amides is 2. The third-order valence-corrected chi connectivity index (χ3v) is 6.12. The third kappa shape index (κ3) is 4.64. The second-order valence-electron chi connectivity index (χ2n) is 6.16. The molecule has 1 aromatic carbocycles. The number of fused-ring (bicyclic) bond motifs is 1. The summed E-state index contributed by atoms with van der Waals surface area (Å²) in [6.07, 6.45) is 7.77. The summed E-state index contributed by atoms with van der Waals surface area (Å²) in [6.45, 7) is 0. The normalized spacial score (nSPS) is 13.6. The smallest absolute Gasteiger partial charge is 0.267 e. The van der Waals surface area contributed by atoms with Crippen molar-refractivity contribution in [3.63, 3.8) is 0 Å². The van der Waals surface area contributed by atoms with Crippen LogP contribution in [0.3, 0.4) is 0 Å². The Morgan fingerprint density at radius 1 is 1.08 bits per heavy atom. The number of carbonyl (C=O) groups excluding carboxylic acids is 2. The van der Waals surface area contributed by atoms with E-state index in [0.29, 0.717) is 10.4 Å². The lowest BCUT2D eigenvalue weighted by Crippen LogP contribution is -2.41. The Hall–Kier alpha value is -1.79. The van der Waals surface area contributed by atoms with Crippen LogP contribution in [0.5, 0.6) is 0 Å². The Kier molecular flexibility index (Phi) is 6.15. The molecule has 1 aliphatic carbocycles. The molecule has 0 fully saturated rings. The molecule has 1 aliphatic rings. The number of thiophene rings is 1. The van der Waals surface area contributed by atoms with Crippen LogP contribution in [0.2, 0.25) is 0 Å². The van der Waals surface area contributed by atoms with Crippen LogP contribution in [0.1, 0.15) is 55.3 Å². The first-order valence-electron chi connectivity index (χ1n) is 8.47. The number of thioether (sulfide) groups is 1. The summed E-state index contributed by atoms with van der Waals surface area (Å²) in [5.41, 5.74) is 8.00. The zero-order valence-corrected chi connectivity index (χ0v) is 15.9. The average Bonchev–Trinajstić information content (AvgIpc) is 2.91. The molecule has 0 saturated heterocycles. The SMILES string of the molecule is CSCc1cccc(C(=O)NNC(=O)c2cc3c(s2)CCCCC3)c1.